The smallest absolute Gasteiger partial charge is 0.225 e. The highest BCUT2D eigenvalue weighted by Crippen LogP contribution is 2.22. The molecule has 0 aliphatic rings. The van der Waals surface area contributed by atoms with Gasteiger partial charge in [-0.25, -0.2) is 14.1 Å². The molecule has 6 heteroatoms. The number of aromatic nitrogens is 3. The van der Waals surface area contributed by atoms with Crippen molar-refractivity contribution in [2.45, 2.75) is 13.5 Å². The molecule has 0 unspecified atom stereocenters. The topological polar surface area (TPSA) is 55.9 Å². The Morgan fingerprint density at radius 2 is 2.00 bits per heavy atom. The first-order valence-electron chi connectivity index (χ1n) is 8.24. The van der Waals surface area contributed by atoms with E-state index in [9.17, 15) is 4.39 Å². The van der Waals surface area contributed by atoms with Crippen LogP contribution in [-0.4, -0.2) is 14.8 Å². The van der Waals surface area contributed by atoms with Crippen LogP contribution in [0.15, 0.2) is 71.6 Å². The van der Waals surface area contributed by atoms with Crippen molar-refractivity contribution in [3.8, 4) is 17.1 Å². The number of oxazole rings is 1. The molecular weight excluding hydrogens is 331 g/mol. The van der Waals surface area contributed by atoms with Gasteiger partial charge in [0.2, 0.25) is 5.89 Å². The van der Waals surface area contributed by atoms with E-state index in [4.69, 9.17) is 4.42 Å². The van der Waals surface area contributed by atoms with Gasteiger partial charge in [0.05, 0.1) is 29.5 Å². The molecule has 0 saturated heterocycles. The van der Waals surface area contributed by atoms with Crippen LogP contribution < -0.4 is 5.32 Å². The number of nitrogens with zero attached hydrogens (tertiary/aromatic N) is 3. The molecule has 0 atom stereocenters. The predicted molar refractivity (Wildman–Crippen MR) is 97.5 cm³/mol. The van der Waals surface area contributed by atoms with Crippen molar-refractivity contribution in [3.63, 3.8) is 0 Å². The fraction of sp³-hybridized carbons (Fsp3) is 0.100. The first-order chi connectivity index (χ1) is 12.7. The van der Waals surface area contributed by atoms with Crippen LogP contribution in [0.3, 0.4) is 0 Å². The third kappa shape index (κ3) is 3.09. The summed E-state index contributed by atoms with van der Waals surface area (Å²) in [6.45, 7) is 2.34. The Bertz CT molecular complexity index is 1010. The Hall–Kier alpha value is -3.41. The first kappa shape index (κ1) is 16.1. The maximum atomic E-state index is 14.4. The van der Waals surface area contributed by atoms with Crippen molar-refractivity contribution in [3.05, 3.63) is 84.3 Å². The highest BCUT2D eigenvalue weighted by atomic mass is 19.1. The van der Waals surface area contributed by atoms with E-state index in [0.29, 0.717) is 23.6 Å². The SMILES string of the molecule is Cc1c(NCc2ccc(-c3ncco3)cc2F)cnn1-c1ccccc1. The van der Waals surface area contributed by atoms with E-state index in [-0.39, 0.29) is 5.82 Å². The van der Waals surface area contributed by atoms with Gasteiger partial charge in [0.1, 0.15) is 12.1 Å². The summed E-state index contributed by atoms with van der Waals surface area (Å²) in [5.41, 5.74) is 3.99. The lowest BCUT2D eigenvalue weighted by atomic mass is 10.1. The van der Waals surface area contributed by atoms with Crippen LogP contribution in [0.5, 0.6) is 0 Å². The van der Waals surface area contributed by atoms with Crippen molar-refractivity contribution < 1.29 is 8.81 Å². The number of anilines is 1. The summed E-state index contributed by atoms with van der Waals surface area (Å²) in [6.07, 6.45) is 4.76. The quantitative estimate of drug-likeness (QED) is 0.573. The molecule has 0 saturated carbocycles. The molecule has 0 radical (unpaired) electrons. The van der Waals surface area contributed by atoms with E-state index in [2.05, 4.69) is 15.4 Å². The van der Waals surface area contributed by atoms with Crippen molar-refractivity contribution in [2.75, 3.05) is 5.32 Å². The minimum Gasteiger partial charge on any atom is -0.445 e. The van der Waals surface area contributed by atoms with Crippen molar-refractivity contribution in [1.82, 2.24) is 14.8 Å². The Morgan fingerprint density at radius 1 is 1.15 bits per heavy atom. The zero-order chi connectivity index (χ0) is 17.9. The Labute approximate surface area is 150 Å². The summed E-state index contributed by atoms with van der Waals surface area (Å²) in [7, 11) is 0. The molecule has 0 aliphatic carbocycles. The van der Waals surface area contributed by atoms with Crippen LogP contribution in [-0.2, 0) is 6.54 Å². The highest BCUT2D eigenvalue weighted by Gasteiger charge is 2.11. The lowest BCUT2D eigenvalue weighted by Crippen LogP contribution is -2.04. The number of para-hydroxylation sites is 1. The first-order valence-corrected chi connectivity index (χ1v) is 8.24. The Balaban J connectivity index is 1.50. The van der Waals surface area contributed by atoms with Gasteiger partial charge in [-0.15, -0.1) is 0 Å². The Kier molecular flexibility index (Phi) is 4.23. The zero-order valence-electron chi connectivity index (χ0n) is 14.2. The van der Waals surface area contributed by atoms with Crippen LogP contribution in [0.2, 0.25) is 0 Å². The van der Waals surface area contributed by atoms with E-state index in [1.807, 2.05) is 41.9 Å². The molecular formula is C20H17FN4O. The average molecular weight is 348 g/mol. The van der Waals surface area contributed by atoms with Crippen LogP contribution in [0, 0.1) is 12.7 Å². The second-order valence-corrected chi connectivity index (χ2v) is 5.89. The van der Waals surface area contributed by atoms with E-state index in [1.165, 1.54) is 18.5 Å². The second kappa shape index (κ2) is 6.84. The van der Waals surface area contributed by atoms with Crippen LogP contribution in [0.4, 0.5) is 10.1 Å². The number of hydrogen-bond acceptors (Lipinski definition) is 4. The fourth-order valence-corrected chi connectivity index (χ4v) is 2.79. The molecule has 4 rings (SSSR count). The van der Waals surface area contributed by atoms with Crippen LogP contribution >= 0.6 is 0 Å². The molecule has 0 aliphatic heterocycles. The third-order valence-electron chi connectivity index (χ3n) is 4.21. The molecule has 130 valence electrons. The molecule has 0 amide bonds. The van der Waals surface area contributed by atoms with E-state index in [1.54, 1.807) is 18.3 Å². The van der Waals surface area contributed by atoms with Gasteiger partial charge >= 0.3 is 0 Å². The number of rotatable bonds is 5. The molecule has 4 aromatic rings. The molecule has 0 fully saturated rings. The standard InChI is InChI=1S/C20H17FN4O/c1-14-19(13-24-25(14)17-5-3-2-4-6-17)23-12-16-8-7-15(11-18(16)21)20-22-9-10-26-20/h2-11,13,23H,12H2,1H3. The summed E-state index contributed by atoms with van der Waals surface area (Å²) in [6, 6.07) is 14.8. The molecule has 5 nitrogen and oxygen atoms in total. The number of benzene rings is 2. The average Bonchev–Trinajstić information content (AvgIpc) is 3.32. The van der Waals surface area contributed by atoms with Gasteiger partial charge in [-0.3, -0.25) is 0 Å². The monoisotopic (exact) mass is 348 g/mol. The zero-order valence-corrected chi connectivity index (χ0v) is 14.2. The lowest BCUT2D eigenvalue weighted by Gasteiger charge is -2.09. The van der Waals surface area contributed by atoms with Gasteiger partial charge in [-0.2, -0.15) is 5.10 Å². The molecule has 0 spiro atoms. The van der Waals surface area contributed by atoms with Gasteiger partial charge in [0, 0.05) is 17.7 Å². The minimum absolute atomic E-state index is 0.304. The molecule has 2 heterocycles. The van der Waals surface area contributed by atoms with Gasteiger partial charge < -0.3 is 9.73 Å². The predicted octanol–water partition coefficient (Wildman–Crippen LogP) is 4.59. The second-order valence-electron chi connectivity index (χ2n) is 5.89. The Morgan fingerprint density at radius 3 is 2.73 bits per heavy atom. The molecule has 26 heavy (non-hydrogen) atoms. The van der Waals surface area contributed by atoms with Gasteiger partial charge in [0.25, 0.3) is 0 Å². The maximum absolute atomic E-state index is 14.4. The largest absolute Gasteiger partial charge is 0.445 e. The van der Waals surface area contributed by atoms with Gasteiger partial charge in [0.15, 0.2) is 0 Å². The molecule has 2 aromatic carbocycles. The van der Waals surface area contributed by atoms with Crippen molar-refractivity contribution in [1.29, 1.82) is 0 Å². The van der Waals surface area contributed by atoms with E-state index >= 15 is 0 Å². The minimum atomic E-state index is -0.304. The normalized spacial score (nSPS) is 10.8. The van der Waals surface area contributed by atoms with Crippen molar-refractivity contribution in [2.24, 2.45) is 0 Å². The highest BCUT2D eigenvalue weighted by molar-refractivity contribution is 5.54. The summed E-state index contributed by atoms with van der Waals surface area (Å²) in [4.78, 5) is 4.03. The number of hydrogen-bond donors (Lipinski definition) is 1. The maximum Gasteiger partial charge on any atom is 0.225 e. The molecule has 1 N–H and O–H groups in total. The summed E-state index contributed by atoms with van der Waals surface area (Å²) < 4.78 is 21.4. The fourth-order valence-electron chi connectivity index (χ4n) is 2.79. The number of nitrogens with one attached hydrogen (secondary N) is 1. The third-order valence-corrected chi connectivity index (χ3v) is 4.21. The van der Waals surface area contributed by atoms with Crippen LogP contribution in [0.25, 0.3) is 17.1 Å². The summed E-state index contributed by atoms with van der Waals surface area (Å²) >= 11 is 0. The summed E-state index contributed by atoms with van der Waals surface area (Å²) in [5.74, 6) is 0.102. The van der Waals surface area contributed by atoms with Crippen LogP contribution in [0.1, 0.15) is 11.3 Å². The molecule has 0 bridgehead atoms. The summed E-state index contributed by atoms with van der Waals surface area (Å²) in [5, 5.41) is 7.66. The van der Waals surface area contributed by atoms with E-state index in [0.717, 1.165) is 17.1 Å². The van der Waals surface area contributed by atoms with Gasteiger partial charge in [-0.05, 0) is 31.2 Å². The molecule has 2 aromatic heterocycles. The number of halogens is 1. The van der Waals surface area contributed by atoms with Crippen molar-refractivity contribution >= 4 is 5.69 Å². The van der Waals surface area contributed by atoms with E-state index < -0.39 is 0 Å². The van der Waals surface area contributed by atoms with Gasteiger partial charge in [-0.1, -0.05) is 24.3 Å². The lowest BCUT2D eigenvalue weighted by molar-refractivity contribution is 0.571.